The van der Waals surface area contributed by atoms with Gasteiger partial charge in [0.1, 0.15) is 9.34 Å². The van der Waals surface area contributed by atoms with Crippen LogP contribution in [0.25, 0.3) is 9.88 Å². The summed E-state index contributed by atoms with van der Waals surface area (Å²) in [5, 5.41) is 0.928. The fourth-order valence-electron chi connectivity index (χ4n) is 0.798. The zero-order valence-electron chi connectivity index (χ0n) is 5.75. The van der Waals surface area contributed by atoms with Crippen molar-refractivity contribution in [1.29, 1.82) is 0 Å². The molecule has 0 saturated carbocycles. The molecule has 0 radical (unpaired) electrons. The summed E-state index contributed by atoms with van der Waals surface area (Å²) >= 11 is 14.5. The molecule has 2 aromatic rings. The zero-order valence-corrected chi connectivity index (χ0v) is 8.90. The lowest BCUT2D eigenvalue weighted by molar-refractivity contribution is 1.43. The van der Waals surface area contributed by atoms with Crippen molar-refractivity contribution in [3.05, 3.63) is 27.0 Å². The van der Waals surface area contributed by atoms with Gasteiger partial charge in [-0.1, -0.05) is 23.2 Å². The van der Waals surface area contributed by atoms with Gasteiger partial charge in [-0.25, -0.2) is 4.98 Å². The lowest BCUT2D eigenvalue weighted by Gasteiger charge is -1.84. The maximum atomic E-state index is 5.78. The Morgan fingerprint density at radius 2 is 1.92 bits per heavy atom. The van der Waals surface area contributed by atoms with Crippen molar-refractivity contribution in [3.63, 3.8) is 0 Å². The van der Waals surface area contributed by atoms with Gasteiger partial charge in [0.05, 0.1) is 15.4 Å². The minimum absolute atomic E-state index is 0.703. The number of thiazole rings is 1. The fraction of sp³-hybridized carbons (Fsp3) is 0. The van der Waals surface area contributed by atoms with E-state index in [2.05, 4.69) is 4.98 Å². The predicted octanol–water partition coefficient (Wildman–Crippen LogP) is 4.18. The fourth-order valence-corrected chi connectivity index (χ4v) is 2.81. The van der Waals surface area contributed by atoms with E-state index < -0.39 is 0 Å². The number of halogens is 2. The van der Waals surface area contributed by atoms with Crippen molar-refractivity contribution >= 4 is 45.9 Å². The first-order chi connectivity index (χ1) is 5.75. The van der Waals surface area contributed by atoms with Gasteiger partial charge in [-0.15, -0.1) is 22.7 Å². The van der Waals surface area contributed by atoms with Crippen LogP contribution in [0.3, 0.4) is 0 Å². The third-order valence-corrected chi connectivity index (χ3v) is 3.78. The molecule has 2 heterocycles. The highest BCUT2D eigenvalue weighted by atomic mass is 35.5. The average Bonchev–Trinajstić information content (AvgIpc) is 2.58. The van der Waals surface area contributed by atoms with Crippen LogP contribution in [0, 0.1) is 0 Å². The summed E-state index contributed by atoms with van der Waals surface area (Å²) in [6, 6.07) is 3.80. The minimum Gasteiger partial charge on any atom is -0.242 e. The van der Waals surface area contributed by atoms with Crippen LogP contribution in [0.4, 0.5) is 0 Å². The number of aromatic nitrogens is 1. The molecule has 1 nitrogen and oxygen atoms in total. The van der Waals surface area contributed by atoms with Gasteiger partial charge in [0.15, 0.2) is 0 Å². The molecule has 0 aromatic carbocycles. The van der Waals surface area contributed by atoms with Crippen molar-refractivity contribution in [2.75, 3.05) is 0 Å². The van der Waals surface area contributed by atoms with Crippen molar-refractivity contribution in [2.45, 2.75) is 0 Å². The third kappa shape index (κ3) is 1.64. The molecule has 0 N–H and O–H groups in total. The topological polar surface area (TPSA) is 12.9 Å². The van der Waals surface area contributed by atoms with Crippen LogP contribution in [0.5, 0.6) is 0 Å². The van der Waals surface area contributed by atoms with Gasteiger partial charge in [0.25, 0.3) is 0 Å². The number of rotatable bonds is 1. The van der Waals surface area contributed by atoms with Crippen LogP contribution < -0.4 is 0 Å². The summed E-state index contributed by atoms with van der Waals surface area (Å²) in [7, 11) is 0. The molecule has 0 unspecified atom stereocenters. The lowest BCUT2D eigenvalue weighted by Crippen LogP contribution is -1.63. The van der Waals surface area contributed by atoms with Crippen LogP contribution in [0.15, 0.2) is 18.3 Å². The molecule has 12 heavy (non-hydrogen) atoms. The molecule has 0 saturated heterocycles. The van der Waals surface area contributed by atoms with Crippen LogP contribution in [0.1, 0.15) is 0 Å². The van der Waals surface area contributed by atoms with E-state index in [9.17, 15) is 0 Å². The van der Waals surface area contributed by atoms with Gasteiger partial charge in [-0.2, -0.15) is 0 Å². The van der Waals surface area contributed by atoms with Gasteiger partial charge in [0.2, 0.25) is 0 Å². The first kappa shape index (κ1) is 8.51. The molecular weight excluding hydrogens is 233 g/mol. The van der Waals surface area contributed by atoms with Crippen molar-refractivity contribution in [3.8, 4) is 9.88 Å². The first-order valence-electron chi connectivity index (χ1n) is 3.13. The molecule has 2 aromatic heterocycles. The van der Waals surface area contributed by atoms with Crippen molar-refractivity contribution in [2.24, 2.45) is 0 Å². The Morgan fingerprint density at radius 3 is 2.42 bits per heavy atom. The Kier molecular flexibility index (Phi) is 2.37. The highest BCUT2D eigenvalue weighted by molar-refractivity contribution is 7.25. The molecule has 62 valence electrons. The number of thiophene rings is 1. The van der Waals surface area contributed by atoms with E-state index in [1.165, 1.54) is 22.7 Å². The lowest BCUT2D eigenvalue weighted by atomic mass is 10.5. The summed E-state index contributed by atoms with van der Waals surface area (Å²) in [5.74, 6) is 0. The van der Waals surface area contributed by atoms with E-state index in [0.717, 1.165) is 14.2 Å². The first-order valence-corrected chi connectivity index (χ1v) is 5.51. The molecular formula is C7H3Cl2NS2. The van der Waals surface area contributed by atoms with Gasteiger partial charge in [-0.3, -0.25) is 0 Å². The van der Waals surface area contributed by atoms with E-state index in [4.69, 9.17) is 23.2 Å². The standard InChI is InChI=1S/C7H3Cl2NS2/c8-5-2-1-4(11-5)7-10-3-6(9)12-7/h1-3H. The SMILES string of the molecule is Clc1ccc(-c2ncc(Cl)s2)s1. The number of hydrogen-bond donors (Lipinski definition) is 0. The Morgan fingerprint density at radius 1 is 1.08 bits per heavy atom. The molecule has 0 bridgehead atoms. The highest BCUT2D eigenvalue weighted by Crippen LogP contribution is 2.34. The van der Waals surface area contributed by atoms with Gasteiger partial charge >= 0.3 is 0 Å². The number of nitrogens with zero attached hydrogens (tertiary/aromatic N) is 1. The monoisotopic (exact) mass is 235 g/mol. The molecule has 0 fully saturated rings. The smallest absolute Gasteiger partial charge is 0.134 e. The molecule has 0 atom stereocenters. The summed E-state index contributed by atoms with van der Waals surface area (Å²) < 4.78 is 1.48. The summed E-state index contributed by atoms with van der Waals surface area (Å²) in [6.45, 7) is 0. The molecule has 0 amide bonds. The third-order valence-electron chi connectivity index (χ3n) is 1.26. The second-order valence-electron chi connectivity index (χ2n) is 2.07. The molecule has 0 aliphatic carbocycles. The van der Waals surface area contributed by atoms with Gasteiger partial charge < -0.3 is 0 Å². The van der Waals surface area contributed by atoms with Crippen LogP contribution >= 0.6 is 45.9 Å². The summed E-state index contributed by atoms with van der Waals surface area (Å²) in [4.78, 5) is 5.20. The molecule has 0 spiro atoms. The maximum absolute atomic E-state index is 5.78. The van der Waals surface area contributed by atoms with Crippen molar-refractivity contribution in [1.82, 2.24) is 4.98 Å². The largest absolute Gasteiger partial charge is 0.242 e. The second kappa shape index (κ2) is 3.34. The van der Waals surface area contributed by atoms with Gasteiger partial charge in [-0.05, 0) is 12.1 Å². The molecule has 2 rings (SSSR count). The Labute approximate surface area is 87.6 Å². The zero-order chi connectivity index (χ0) is 8.55. The maximum Gasteiger partial charge on any atom is 0.134 e. The Hall–Kier alpha value is -0.0900. The van der Waals surface area contributed by atoms with E-state index >= 15 is 0 Å². The number of hydrogen-bond acceptors (Lipinski definition) is 3. The van der Waals surface area contributed by atoms with Gasteiger partial charge in [0, 0.05) is 0 Å². The summed E-state index contributed by atoms with van der Waals surface area (Å²) in [5.41, 5.74) is 0. The van der Waals surface area contributed by atoms with Crippen molar-refractivity contribution < 1.29 is 0 Å². The predicted molar refractivity (Wildman–Crippen MR) is 55.4 cm³/mol. The molecule has 0 aliphatic heterocycles. The molecule has 5 heteroatoms. The molecule has 0 aliphatic rings. The normalized spacial score (nSPS) is 10.5. The van der Waals surface area contributed by atoms with E-state index in [1.54, 1.807) is 6.20 Å². The van der Waals surface area contributed by atoms with E-state index in [1.807, 2.05) is 12.1 Å². The van der Waals surface area contributed by atoms with Crippen LogP contribution in [-0.2, 0) is 0 Å². The van der Waals surface area contributed by atoms with E-state index in [-0.39, 0.29) is 0 Å². The van der Waals surface area contributed by atoms with E-state index in [0.29, 0.717) is 4.34 Å². The quantitative estimate of drug-likeness (QED) is 0.723. The second-order valence-corrected chi connectivity index (χ2v) is 5.45. The highest BCUT2D eigenvalue weighted by Gasteiger charge is 2.05. The average molecular weight is 236 g/mol. The summed E-state index contributed by atoms with van der Waals surface area (Å²) in [6.07, 6.45) is 1.65. The van der Waals surface area contributed by atoms with Crippen LogP contribution in [-0.4, -0.2) is 4.98 Å². The Balaban J connectivity index is 2.43. The van der Waals surface area contributed by atoms with Crippen LogP contribution in [0.2, 0.25) is 8.67 Å². The Bertz CT molecular complexity index is 355. The minimum atomic E-state index is 0.703.